The SMILES string of the molecule is CN(C1CCCCC1)S(=O)(=O)c1ccc(C(=O)N(CC(C)(C)C)CC(F)(F)F)cc1. The second-order valence-electron chi connectivity index (χ2n) is 9.17. The van der Waals surface area contributed by atoms with Gasteiger partial charge in [-0.1, -0.05) is 40.0 Å². The molecule has 5 nitrogen and oxygen atoms in total. The van der Waals surface area contributed by atoms with Gasteiger partial charge in [-0.15, -0.1) is 0 Å². The lowest BCUT2D eigenvalue weighted by atomic mass is 9.95. The van der Waals surface area contributed by atoms with Gasteiger partial charge in [-0.3, -0.25) is 4.79 Å². The first kappa shape index (κ1) is 24.7. The van der Waals surface area contributed by atoms with Crippen molar-refractivity contribution in [1.82, 2.24) is 9.21 Å². The van der Waals surface area contributed by atoms with E-state index < -0.39 is 34.1 Å². The van der Waals surface area contributed by atoms with E-state index in [1.807, 2.05) is 0 Å². The smallest absolute Gasteiger partial charge is 0.329 e. The number of nitrogens with zero attached hydrogens (tertiary/aromatic N) is 2. The Hall–Kier alpha value is -1.61. The van der Waals surface area contributed by atoms with Gasteiger partial charge in [0.15, 0.2) is 0 Å². The van der Waals surface area contributed by atoms with Gasteiger partial charge in [-0.05, 0) is 42.5 Å². The Labute approximate surface area is 177 Å². The molecule has 0 radical (unpaired) electrons. The van der Waals surface area contributed by atoms with Gasteiger partial charge >= 0.3 is 6.18 Å². The Morgan fingerprint density at radius 3 is 2.00 bits per heavy atom. The lowest BCUT2D eigenvalue weighted by Crippen LogP contribution is -2.43. The number of carbonyl (C=O) groups excluding carboxylic acids is 1. The van der Waals surface area contributed by atoms with E-state index in [0.29, 0.717) is 0 Å². The maximum absolute atomic E-state index is 13.0. The van der Waals surface area contributed by atoms with Gasteiger partial charge in [0.05, 0.1) is 4.90 Å². The van der Waals surface area contributed by atoms with Crippen LogP contribution in [0.15, 0.2) is 29.2 Å². The number of sulfonamides is 1. The number of hydrogen-bond acceptors (Lipinski definition) is 3. The molecule has 0 unspecified atom stereocenters. The second-order valence-corrected chi connectivity index (χ2v) is 11.2. The molecule has 2 rings (SSSR count). The van der Waals surface area contributed by atoms with Crippen LogP contribution in [0.3, 0.4) is 0 Å². The van der Waals surface area contributed by atoms with E-state index in [4.69, 9.17) is 0 Å². The molecule has 1 aliphatic rings. The molecule has 0 aliphatic heterocycles. The monoisotopic (exact) mass is 448 g/mol. The summed E-state index contributed by atoms with van der Waals surface area (Å²) in [5, 5.41) is 0. The summed E-state index contributed by atoms with van der Waals surface area (Å²) in [7, 11) is -2.18. The topological polar surface area (TPSA) is 57.7 Å². The van der Waals surface area contributed by atoms with E-state index in [1.165, 1.54) is 28.6 Å². The van der Waals surface area contributed by atoms with Gasteiger partial charge < -0.3 is 4.90 Å². The molecule has 1 saturated carbocycles. The van der Waals surface area contributed by atoms with Crippen LogP contribution >= 0.6 is 0 Å². The Morgan fingerprint density at radius 2 is 1.53 bits per heavy atom. The molecule has 1 fully saturated rings. The summed E-state index contributed by atoms with van der Waals surface area (Å²) in [4.78, 5) is 13.5. The lowest BCUT2D eigenvalue weighted by molar-refractivity contribution is -0.142. The summed E-state index contributed by atoms with van der Waals surface area (Å²) >= 11 is 0. The molecule has 1 aromatic carbocycles. The van der Waals surface area contributed by atoms with Crippen LogP contribution in [0.4, 0.5) is 13.2 Å². The molecule has 0 aromatic heterocycles. The summed E-state index contributed by atoms with van der Waals surface area (Å²) < 4.78 is 66.1. The van der Waals surface area contributed by atoms with E-state index in [2.05, 4.69) is 0 Å². The highest BCUT2D eigenvalue weighted by Crippen LogP contribution is 2.27. The average Bonchev–Trinajstić information content (AvgIpc) is 2.65. The lowest BCUT2D eigenvalue weighted by Gasteiger charge is -2.31. The van der Waals surface area contributed by atoms with Crippen molar-refractivity contribution in [2.24, 2.45) is 5.41 Å². The van der Waals surface area contributed by atoms with E-state index in [0.717, 1.165) is 37.0 Å². The van der Waals surface area contributed by atoms with Crippen LogP contribution in [0.2, 0.25) is 0 Å². The van der Waals surface area contributed by atoms with Crippen molar-refractivity contribution < 1.29 is 26.4 Å². The Morgan fingerprint density at radius 1 is 1.00 bits per heavy atom. The van der Waals surface area contributed by atoms with Crippen LogP contribution in [0.1, 0.15) is 63.2 Å². The molecular weight excluding hydrogens is 417 g/mol. The quantitative estimate of drug-likeness (QED) is 0.634. The van der Waals surface area contributed by atoms with Crippen molar-refractivity contribution in [3.8, 4) is 0 Å². The van der Waals surface area contributed by atoms with Gasteiger partial charge in [0.25, 0.3) is 5.91 Å². The van der Waals surface area contributed by atoms with Crippen LogP contribution in [0.5, 0.6) is 0 Å². The first-order valence-electron chi connectivity index (χ1n) is 10.1. The standard InChI is InChI=1S/C21H31F3N2O3S/c1-20(2,3)14-26(15-21(22,23)24)19(27)16-10-12-18(13-11-16)30(28,29)25(4)17-8-6-5-7-9-17/h10-13,17H,5-9,14-15H2,1-4H3. The first-order chi connectivity index (χ1) is 13.7. The predicted octanol–water partition coefficient (Wildman–Crippen LogP) is 4.69. The predicted molar refractivity (Wildman–Crippen MR) is 110 cm³/mol. The maximum Gasteiger partial charge on any atom is 0.406 e. The highest BCUT2D eigenvalue weighted by atomic mass is 32.2. The van der Waals surface area contributed by atoms with E-state index in [9.17, 15) is 26.4 Å². The zero-order valence-corrected chi connectivity index (χ0v) is 18.8. The van der Waals surface area contributed by atoms with Gasteiger partial charge in [0.2, 0.25) is 10.0 Å². The van der Waals surface area contributed by atoms with Crippen LogP contribution in [-0.4, -0.2) is 55.9 Å². The molecule has 0 spiro atoms. The molecule has 0 N–H and O–H groups in total. The highest BCUT2D eigenvalue weighted by molar-refractivity contribution is 7.89. The van der Waals surface area contributed by atoms with Gasteiger partial charge in [0, 0.05) is 25.2 Å². The van der Waals surface area contributed by atoms with E-state index >= 15 is 0 Å². The molecule has 1 aromatic rings. The summed E-state index contributed by atoms with van der Waals surface area (Å²) in [6.07, 6.45) is 0.176. The number of carbonyl (C=O) groups is 1. The summed E-state index contributed by atoms with van der Waals surface area (Å²) in [6, 6.07) is 5.11. The van der Waals surface area contributed by atoms with Crippen molar-refractivity contribution in [2.45, 2.75) is 70.0 Å². The van der Waals surface area contributed by atoms with Crippen LogP contribution in [-0.2, 0) is 10.0 Å². The number of amides is 1. The van der Waals surface area contributed by atoms with Crippen LogP contribution in [0, 0.1) is 5.41 Å². The minimum atomic E-state index is -4.52. The number of rotatable bonds is 6. The minimum Gasteiger partial charge on any atom is -0.329 e. The normalized spacial score (nSPS) is 16.7. The number of benzene rings is 1. The average molecular weight is 449 g/mol. The molecule has 0 heterocycles. The van der Waals surface area contributed by atoms with E-state index in [1.54, 1.807) is 27.8 Å². The fourth-order valence-corrected chi connectivity index (χ4v) is 5.16. The molecule has 30 heavy (non-hydrogen) atoms. The van der Waals surface area contributed by atoms with Gasteiger partial charge in [0.1, 0.15) is 6.54 Å². The molecule has 0 bridgehead atoms. The number of alkyl halides is 3. The fourth-order valence-electron chi connectivity index (χ4n) is 3.75. The van der Waals surface area contributed by atoms with Crippen molar-refractivity contribution in [1.29, 1.82) is 0 Å². The third-order valence-corrected chi connectivity index (χ3v) is 7.11. The fraction of sp³-hybridized carbons (Fsp3) is 0.667. The molecule has 9 heteroatoms. The molecular formula is C21H31F3N2O3S. The minimum absolute atomic E-state index is 0.0303. The third-order valence-electron chi connectivity index (χ3n) is 5.19. The Kier molecular flexibility index (Phi) is 7.61. The van der Waals surface area contributed by atoms with E-state index in [-0.39, 0.29) is 23.0 Å². The van der Waals surface area contributed by atoms with Crippen molar-refractivity contribution >= 4 is 15.9 Å². The molecule has 0 saturated heterocycles. The van der Waals surface area contributed by atoms with Crippen molar-refractivity contribution in [3.05, 3.63) is 29.8 Å². The number of hydrogen-bond donors (Lipinski definition) is 0. The van der Waals surface area contributed by atoms with Crippen LogP contribution in [0.25, 0.3) is 0 Å². The van der Waals surface area contributed by atoms with Crippen molar-refractivity contribution in [3.63, 3.8) is 0 Å². The molecule has 170 valence electrons. The summed E-state index contributed by atoms with van der Waals surface area (Å²) in [5.41, 5.74) is -0.491. The molecule has 1 aliphatic carbocycles. The maximum atomic E-state index is 13.0. The largest absolute Gasteiger partial charge is 0.406 e. The summed E-state index contributed by atoms with van der Waals surface area (Å²) in [5.74, 6) is -0.771. The van der Waals surface area contributed by atoms with Crippen LogP contribution < -0.4 is 0 Å². The van der Waals surface area contributed by atoms with Gasteiger partial charge in [-0.2, -0.15) is 17.5 Å². The zero-order chi connectivity index (χ0) is 22.7. The first-order valence-corrected chi connectivity index (χ1v) is 11.6. The third kappa shape index (κ3) is 6.70. The van der Waals surface area contributed by atoms with Crippen molar-refractivity contribution in [2.75, 3.05) is 20.1 Å². The second kappa shape index (κ2) is 9.26. The Balaban J connectivity index is 2.22. The Bertz CT molecular complexity index is 809. The molecule has 1 amide bonds. The highest BCUT2D eigenvalue weighted by Gasteiger charge is 2.35. The number of halogens is 3. The van der Waals surface area contributed by atoms with Gasteiger partial charge in [-0.25, -0.2) is 8.42 Å². The zero-order valence-electron chi connectivity index (χ0n) is 18.0. The summed E-state index contributed by atoms with van der Waals surface area (Å²) in [6.45, 7) is 3.82. The molecule has 0 atom stereocenters.